The average molecular weight is 291 g/mol. The SMILES string of the molecule is O=C(NN1C(=O)NC2(CCCCC2)C1=O)C1CC=CCC1. The minimum atomic E-state index is -0.783. The zero-order valence-electron chi connectivity index (χ0n) is 12.1. The van der Waals surface area contributed by atoms with E-state index < -0.39 is 11.6 Å². The maximum absolute atomic E-state index is 12.5. The van der Waals surface area contributed by atoms with E-state index in [0.29, 0.717) is 19.3 Å². The molecular formula is C15H21N3O3. The van der Waals surface area contributed by atoms with Crippen LogP contribution in [0.4, 0.5) is 4.79 Å². The van der Waals surface area contributed by atoms with Crippen molar-refractivity contribution < 1.29 is 14.4 Å². The third kappa shape index (κ3) is 2.54. The van der Waals surface area contributed by atoms with Crippen molar-refractivity contribution in [1.29, 1.82) is 0 Å². The van der Waals surface area contributed by atoms with E-state index in [1.54, 1.807) is 0 Å². The van der Waals surface area contributed by atoms with Crippen LogP contribution in [0.3, 0.4) is 0 Å². The Bertz CT molecular complexity index is 494. The number of allylic oxidation sites excluding steroid dienone is 2. The fourth-order valence-electron chi connectivity index (χ4n) is 3.45. The van der Waals surface area contributed by atoms with Crippen molar-refractivity contribution in [3.05, 3.63) is 12.2 Å². The topological polar surface area (TPSA) is 78.5 Å². The second kappa shape index (κ2) is 5.50. The summed E-state index contributed by atoms with van der Waals surface area (Å²) >= 11 is 0. The molecule has 6 heteroatoms. The quantitative estimate of drug-likeness (QED) is 0.599. The zero-order chi connectivity index (χ0) is 14.9. The first-order valence-electron chi connectivity index (χ1n) is 7.75. The number of nitrogens with one attached hydrogen (secondary N) is 2. The van der Waals surface area contributed by atoms with Crippen LogP contribution in [0.1, 0.15) is 51.4 Å². The molecule has 0 bridgehead atoms. The molecule has 0 aromatic heterocycles. The normalized spacial score (nSPS) is 27.8. The number of hydrogen-bond donors (Lipinski definition) is 2. The molecule has 1 aliphatic heterocycles. The summed E-state index contributed by atoms with van der Waals surface area (Å²) in [6.45, 7) is 0. The fraction of sp³-hybridized carbons (Fsp3) is 0.667. The maximum Gasteiger partial charge on any atom is 0.344 e. The molecule has 3 aliphatic rings. The molecule has 6 nitrogen and oxygen atoms in total. The summed E-state index contributed by atoms with van der Waals surface area (Å²) in [5, 5.41) is 3.68. The summed E-state index contributed by atoms with van der Waals surface area (Å²) in [6, 6.07) is -0.499. The van der Waals surface area contributed by atoms with E-state index in [0.717, 1.165) is 37.1 Å². The third-order valence-corrected chi connectivity index (χ3v) is 4.73. The van der Waals surface area contributed by atoms with Gasteiger partial charge in [0.15, 0.2) is 0 Å². The number of hydrogen-bond acceptors (Lipinski definition) is 3. The molecule has 2 N–H and O–H groups in total. The van der Waals surface area contributed by atoms with Crippen LogP contribution in [-0.2, 0) is 9.59 Å². The van der Waals surface area contributed by atoms with Crippen molar-refractivity contribution in [2.75, 3.05) is 0 Å². The van der Waals surface area contributed by atoms with Crippen LogP contribution in [0.15, 0.2) is 12.2 Å². The van der Waals surface area contributed by atoms with Gasteiger partial charge < -0.3 is 5.32 Å². The monoisotopic (exact) mass is 291 g/mol. The van der Waals surface area contributed by atoms with E-state index in [4.69, 9.17) is 0 Å². The van der Waals surface area contributed by atoms with E-state index in [2.05, 4.69) is 16.8 Å². The smallest absolute Gasteiger partial charge is 0.322 e. The average Bonchev–Trinajstić information content (AvgIpc) is 2.73. The molecule has 0 aromatic rings. The minimum absolute atomic E-state index is 0.154. The zero-order valence-corrected chi connectivity index (χ0v) is 12.1. The molecule has 1 saturated carbocycles. The first-order valence-corrected chi connectivity index (χ1v) is 7.75. The van der Waals surface area contributed by atoms with Crippen LogP contribution in [0.5, 0.6) is 0 Å². The van der Waals surface area contributed by atoms with E-state index >= 15 is 0 Å². The molecule has 0 radical (unpaired) electrons. The number of nitrogens with zero attached hydrogens (tertiary/aromatic N) is 1. The highest BCUT2D eigenvalue weighted by Crippen LogP contribution is 2.33. The fourth-order valence-corrected chi connectivity index (χ4v) is 3.45. The van der Waals surface area contributed by atoms with Gasteiger partial charge >= 0.3 is 6.03 Å². The Labute approximate surface area is 123 Å². The first kappa shape index (κ1) is 14.1. The molecular weight excluding hydrogens is 270 g/mol. The Hall–Kier alpha value is -1.85. The maximum atomic E-state index is 12.5. The van der Waals surface area contributed by atoms with Crippen molar-refractivity contribution in [2.24, 2.45) is 5.92 Å². The molecule has 1 saturated heterocycles. The molecule has 1 atom stereocenters. The van der Waals surface area contributed by atoms with Crippen LogP contribution in [0, 0.1) is 5.92 Å². The largest absolute Gasteiger partial charge is 0.344 e. The number of rotatable bonds is 2. The predicted octanol–water partition coefficient (Wildman–Crippen LogP) is 1.63. The van der Waals surface area contributed by atoms with Gasteiger partial charge in [-0.05, 0) is 32.1 Å². The van der Waals surface area contributed by atoms with E-state index in [-0.39, 0.29) is 17.7 Å². The van der Waals surface area contributed by atoms with Gasteiger partial charge in [0.25, 0.3) is 5.91 Å². The molecule has 21 heavy (non-hydrogen) atoms. The molecule has 1 heterocycles. The highest BCUT2D eigenvalue weighted by molar-refractivity contribution is 6.08. The molecule has 114 valence electrons. The number of hydrazine groups is 1. The second-order valence-electron chi connectivity index (χ2n) is 6.17. The second-order valence-corrected chi connectivity index (χ2v) is 6.17. The molecule has 2 aliphatic carbocycles. The Morgan fingerprint density at radius 2 is 2.00 bits per heavy atom. The Kier molecular flexibility index (Phi) is 3.69. The number of carbonyl (C=O) groups excluding carboxylic acids is 3. The van der Waals surface area contributed by atoms with Crippen LogP contribution in [0.2, 0.25) is 0 Å². The Balaban J connectivity index is 1.68. The predicted molar refractivity (Wildman–Crippen MR) is 75.8 cm³/mol. The number of amides is 4. The van der Waals surface area contributed by atoms with Gasteiger partial charge in [-0.25, -0.2) is 4.79 Å². The highest BCUT2D eigenvalue weighted by atomic mass is 16.2. The van der Waals surface area contributed by atoms with Crippen molar-refractivity contribution in [3.63, 3.8) is 0 Å². The van der Waals surface area contributed by atoms with E-state index in [9.17, 15) is 14.4 Å². The minimum Gasteiger partial charge on any atom is -0.322 e. The van der Waals surface area contributed by atoms with Crippen molar-refractivity contribution in [2.45, 2.75) is 56.9 Å². The number of urea groups is 1. The molecule has 1 spiro atoms. The number of imide groups is 1. The molecule has 3 rings (SSSR count). The Morgan fingerprint density at radius 1 is 1.24 bits per heavy atom. The summed E-state index contributed by atoms with van der Waals surface area (Å²) < 4.78 is 0. The third-order valence-electron chi connectivity index (χ3n) is 4.73. The number of carbonyl (C=O) groups is 3. The molecule has 0 aromatic carbocycles. The van der Waals surface area contributed by atoms with E-state index in [1.807, 2.05) is 6.08 Å². The van der Waals surface area contributed by atoms with Gasteiger partial charge in [-0.15, -0.1) is 0 Å². The van der Waals surface area contributed by atoms with Crippen molar-refractivity contribution in [1.82, 2.24) is 15.8 Å². The molecule has 1 unspecified atom stereocenters. The molecule has 2 fully saturated rings. The lowest BCUT2D eigenvalue weighted by Gasteiger charge is -2.30. The standard InChI is InChI=1S/C15H21N3O3/c19-12(11-7-3-1-4-8-11)17-18-13(20)15(16-14(18)21)9-5-2-6-10-15/h1,3,11H,2,4-10H2,(H,16,21)(H,17,19). The summed E-state index contributed by atoms with van der Waals surface area (Å²) in [5.74, 6) is -0.693. The van der Waals surface area contributed by atoms with Crippen LogP contribution in [-0.4, -0.2) is 28.4 Å². The van der Waals surface area contributed by atoms with Gasteiger partial charge in [-0.1, -0.05) is 31.4 Å². The lowest BCUT2D eigenvalue weighted by molar-refractivity contribution is -0.141. The highest BCUT2D eigenvalue weighted by Gasteiger charge is 2.52. The summed E-state index contributed by atoms with van der Waals surface area (Å²) in [7, 11) is 0. The van der Waals surface area contributed by atoms with Crippen LogP contribution >= 0.6 is 0 Å². The summed E-state index contributed by atoms with van der Waals surface area (Å²) in [6.07, 6.45) is 10.6. The van der Waals surface area contributed by atoms with Crippen LogP contribution < -0.4 is 10.7 Å². The van der Waals surface area contributed by atoms with Gasteiger partial charge in [0, 0.05) is 5.92 Å². The van der Waals surface area contributed by atoms with Crippen molar-refractivity contribution >= 4 is 17.8 Å². The van der Waals surface area contributed by atoms with Gasteiger partial charge in [-0.3, -0.25) is 15.0 Å². The van der Waals surface area contributed by atoms with Gasteiger partial charge in [-0.2, -0.15) is 5.01 Å². The summed E-state index contributed by atoms with van der Waals surface area (Å²) in [5.41, 5.74) is 1.74. The first-order chi connectivity index (χ1) is 10.1. The van der Waals surface area contributed by atoms with Crippen LogP contribution in [0.25, 0.3) is 0 Å². The van der Waals surface area contributed by atoms with Crippen molar-refractivity contribution in [3.8, 4) is 0 Å². The lowest BCUT2D eigenvalue weighted by atomic mass is 9.82. The summed E-state index contributed by atoms with van der Waals surface area (Å²) in [4.78, 5) is 36.8. The Morgan fingerprint density at radius 3 is 2.67 bits per heavy atom. The van der Waals surface area contributed by atoms with Gasteiger partial charge in [0.1, 0.15) is 5.54 Å². The van der Waals surface area contributed by atoms with Gasteiger partial charge in [0.2, 0.25) is 5.91 Å². The molecule has 4 amide bonds. The van der Waals surface area contributed by atoms with Gasteiger partial charge in [0.05, 0.1) is 0 Å². The lowest BCUT2D eigenvalue weighted by Crippen LogP contribution is -2.52. The van der Waals surface area contributed by atoms with E-state index in [1.165, 1.54) is 0 Å².